The van der Waals surface area contributed by atoms with Crippen LogP contribution in [0, 0.1) is 0 Å². The molecule has 0 unspecified atom stereocenters. The number of aliphatic hydroxyl groups is 1. The summed E-state index contributed by atoms with van der Waals surface area (Å²) in [6, 6.07) is 29.2. The quantitative estimate of drug-likeness (QED) is 0.392. The van der Waals surface area contributed by atoms with Crippen molar-refractivity contribution in [1.82, 2.24) is 4.98 Å². The third-order valence-corrected chi connectivity index (χ3v) is 6.81. The second kappa shape index (κ2) is 9.45. The van der Waals surface area contributed by atoms with Crippen molar-refractivity contribution in [2.24, 2.45) is 0 Å². The lowest BCUT2D eigenvalue weighted by molar-refractivity contribution is -0.928. The van der Waals surface area contributed by atoms with E-state index in [-0.39, 0.29) is 6.10 Å². The highest BCUT2D eigenvalue weighted by Crippen LogP contribution is 2.36. The van der Waals surface area contributed by atoms with Crippen LogP contribution in [0.3, 0.4) is 0 Å². The summed E-state index contributed by atoms with van der Waals surface area (Å²) in [5.41, 5.74) is 0.0123. The van der Waals surface area contributed by atoms with Crippen LogP contribution in [0.5, 0.6) is 5.75 Å². The van der Waals surface area contributed by atoms with E-state index in [9.17, 15) is 5.11 Å². The third kappa shape index (κ3) is 4.63. The topological polar surface area (TPSA) is 55.5 Å². The van der Waals surface area contributed by atoms with Gasteiger partial charge in [0.05, 0.1) is 26.3 Å². The van der Waals surface area contributed by atoms with Gasteiger partial charge in [0.25, 0.3) is 0 Å². The molecule has 3 aromatic carbocycles. The fourth-order valence-electron chi connectivity index (χ4n) is 4.83. The first-order chi connectivity index (χ1) is 16.6. The summed E-state index contributed by atoms with van der Waals surface area (Å²) < 4.78 is 13.3. The predicted octanol–water partition coefficient (Wildman–Crippen LogP) is 5.15. The summed E-state index contributed by atoms with van der Waals surface area (Å²) in [6.45, 7) is 2.72. The molecule has 1 aromatic heterocycles. The van der Waals surface area contributed by atoms with E-state index in [0.29, 0.717) is 5.89 Å². The van der Waals surface area contributed by atoms with Crippen molar-refractivity contribution < 1.29 is 18.7 Å². The Bertz CT molecular complexity index is 1140. The molecule has 0 atom stereocenters. The Labute approximate surface area is 200 Å². The van der Waals surface area contributed by atoms with Gasteiger partial charge in [-0.3, -0.25) is 0 Å². The lowest BCUT2D eigenvalue weighted by Crippen LogP contribution is -2.51. The molecule has 0 aliphatic carbocycles. The Hall–Kier alpha value is -3.41. The molecule has 1 N–H and O–H groups in total. The Morgan fingerprint density at radius 3 is 1.97 bits per heavy atom. The second-order valence-electron chi connectivity index (χ2n) is 9.43. The third-order valence-electron chi connectivity index (χ3n) is 6.81. The summed E-state index contributed by atoms with van der Waals surface area (Å²) in [5, 5.41) is 11.9. The molecule has 1 aliphatic heterocycles. The summed E-state index contributed by atoms with van der Waals surface area (Å²) in [4.78, 5) is 4.56. The standard InChI is InChI=1S/C29H31N2O3/c1-31(19-17-26(18-20-31)33-25-15-9-4-10-16-25)22-27-21-30-28(34-27)29(32,23-11-5-2-6-12-23)24-13-7-3-8-14-24/h2-16,21,26,32H,17-20,22H2,1H3/q+1. The van der Waals surface area contributed by atoms with Gasteiger partial charge in [-0.1, -0.05) is 78.9 Å². The van der Waals surface area contributed by atoms with Crippen molar-refractivity contribution >= 4 is 0 Å². The van der Waals surface area contributed by atoms with Gasteiger partial charge in [0.15, 0.2) is 11.4 Å². The predicted molar refractivity (Wildman–Crippen MR) is 131 cm³/mol. The zero-order valence-electron chi connectivity index (χ0n) is 19.5. The number of piperidine rings is 1. The van der Waals surface area contributed by atoms with E-state index in [1.165, 1.54) is 0 Å². The molecular weight excluding hydrogens is 424 g/mol. The van der Waals surface area contributed by atoms with Crippen LogP contribution in [0.4, 0.5) is 0 Å². The number of likely N-dealkylation sites (tertiary alicyclic amines) is 1. The van der Waals surface area contributed by atoms with Crippen molar-refractivity contribution in [3.05, 3.63) is 120 Å². The Kier molecular flexibility index (Phi) is 6.22. The summed E-state index contributed by atoms with van der Waals surface area (Å²) >= 11 is 0. The minimum Gasteiger partial charge on any atom is -0.490 e. The van der Waals surface area contributed by atoms with Crippen molar-refractivity contribution in [2.75, 3.05) is 20.1 Å². The van der Waals surface area contributed by atoms with E-state index in [1.54, 1.807) is 6.20 Å². The average Bonchev–Trinajstić information content (AvgIpc) is 3.35. The summed E-state index contributed by atoms with van der Waals surface area (Å²) in [6.07, 6.45) is 3.98. The van der Waals surface area contributed by atoms with Gasteiger partial charge < -0.3 is 18.7 Å². The maximum absolute atomic E-state index is 11.9. The lowest BCUT2D eigenvalue weighted by Gasteiger charge is -2.39. The molecule has 174 valence electrons. The molecule has 5 heteroatoms. The number of nitrogens with zero attached hydrogens (tertiary/aromatic N) is 2. The van der Waals surface area contributed by atoms with Gasteiger partial charge in [-0.2, -0.15) is 0 Å². The summed E-state index contributed by atoms with van der Waals surface area (Å²) in [7, 11) is 2.25. The molecule has 5 nitrogen and oxygen atoms in total. The molecule has 0 radical (unpaired) electrons. The SMILES string of the molecule is C[N+]1(Cc2cnc(C(O)(c3ccccc3)c3ccccc3)o2)CCC(Oc2ccccc2)CC1. The number of oxazole rings is 1. The van der Waals surface area contributed by atoms with Crippen molar-refractivity contribution in [3.8, 4) is 5.75 Å². The Balaban J connectivity index is 1.32. The van der Waals surface area contributed by atoms with Gasteiger partial charge in [0, 0.05) is 12.8 Å². The zero-order chi connectivity index (χ0) is 23.4. The van der Waals surface area contributed by atoms with E-state index in [4.69, 9.17) is 9.15 Å². The van der Waals surface area contributed by atoms with E-state index in [0.717, 1.165) is 59.6 Å². The second-order valence-corrected chi connectivity index (χ2v) is 9.43. The molecule has 0 saturated carbocycles. The van der Waals surface area contributed by atoms with Gasteiger partial charge in [0.2, 0.25) is 5.89 Å². The molecule has 1 fully saturated rings. The number of benzene rings is 3. The number of rotatable bonds is 7. The van der Waals surface area contributed by atoms with Crippen LogP contribution in [0.1, 0.15) is 35.6 Å². The highest BCUT2D eigenvalue weighted by molar-refractivity contribution is 5.41. The molecular formula is C29H31N2O3+. The molecule has 1 saturated heterocycles. The van der Waals surface area contributed by atoms with Gasteiger partial charge in [-0.05, 0) is 23.3 Å². The van der Waals surface area contributed by atoms with Crippen LogP contribution < -0.4 is 4.74 Å². The van der Waals surface area contributed by atoms with Crippen LogP contribution in [0.15, 0.2) is 102 Å². The van der Waals surface area contributed by atoms with E-state index in [1.807, 2.05) is 91.0 Å². The fourth-order valence-corrected chi connectivity index (χ4v) is 4.83. The molecule has 0 amide bonds. The first-order valence-corrected chi connectivity index (χ1v) is 11.9. The van der Waals surface area contributed by atoms with E-state index in [2.05, 4.69) is 12.0 Å². The lowest BCUT2D eigenvalue weighted by atomic mass is 9.86. The number of aromatic nitrogens is 1. The molecule has 2 heterocycles. The van der Waals surface area contributed by atoms with Crippen LogP contribution >= 0.6 is 0 Å². The highest BCUT2D eigenvalue weighted by Gasteiger charge is 2.40. The number of ether oxygens (including phenoxy) is 1. The average molecular weight is 456 g/mol. The minimum absolute atomic E-state index is 0.236. The van der Waals surface area contributed by atoms with Crippen LogP contribution in [-0.4, -0.2) is 40.8 Å². The zero-order valence-corrected chi connectivity index (χ0v) is 19.5. The van der Waals surface area contributed by atoms with Crippen molar-refractivity contribution in [1.29, 1.82) is 0 Å². The fraction of sp³-hybridized carbons (Fsp3) is 0.276. The van der Waals surface area contributed by atoms with Crippen LogP contribution in [-0.2, 0) is 12.1 Å². The molecule has 1 aliphatic rings. The molecule has 0 bridgehead atoms. The Morgan fingerprint density at radius 2 is 1.41 bits per heavy atom. The molecule has 5 rings (SSSR count). The van der Waals surface area contributed by atoms with Crippen molar-refractivity contribution in [3.63, 3.8) is 0 Å². The smallest absolute Gasteiger partial charge is 0.236 e. The van der Waals surface area contributed by atoms with E-state index >= 15 is 0 Å². The monoisotopic (exact) mass is 455 g/mol. The summed E-state index contributed by atoms with van der Waals surface area (Å²) in [5.74, 6) is 2.02. The maximum Gasteiger partial charge on any atom is 0.236 e. The van der Waals surface area contributed by atoms with Gasteiger partial charge in [-0.15, -0.1) is 0 Å². The number of hydrogen-bond donors (Lipinski definition) is 1. The highest BCUT2D eigenvalue weighted by atomic mass is 16.5. The first kappa shape index (κ1) is 22.4. The molecule has 0 spiro atoms. The van der Waals surface area contributed by atoms with E-state index < -0.39 is 5.60 Å². The largest absolute Gasteiger partial charge is 0.490 e. The normalized spacial score (nSPS) is 20.7. The Morgan fingerprint density at radius 1 is 0.882 bits per heavy atom. The van der Waals surface area contributed by atoms with Gasteiger partial charge in [0.1, 0.15) is 18.4 Å². The number of hydrogen-bond acceptors (Lipinski definition) is 4. The molecule has 34 heavy (non-hydrogen) atoms. The number of para-hydroxylation sites is 1. The molecule has 4 aromatic rings. The number of quaternary nitrogens is 1. The van der Waals surface area contributed by atoms with Crippen molar-refractivity contribution in [2.45, 2.75) is 31.1 Å². The van der Waals surface area contributed by atoms with Crippen LogP contribution in [0.25, 0.3) is 0 Å². The minimum atomic E-state index is -1.45. The van der Waals surface area contributed by atoms with Crippen LogP contribution in [0.2, 0.25) is 0 Å². The van der Waals surface area contributed by atoms with Gasteiger partial charge in [-0.25, -0.2) is 4.98 Å². The first-order valence-electron chi connectivity index (χ1n) is 11.9. The maximum atomic E-state index is 11.9. The van der Waals surface area contributed by atoms with Gasteiger partial charge >= 0.3 is 0 Å².